The first-order valence-electron chi connectivity index (χ1n) is 10.9. The summed E-state index contributed by atoms with van der Waals surface area (Å²) in [5, 5.41) is 0. The summed E-state index contributed by atoms with van der Waals surface area (Å²) in [5.41, 5.74) is -4.54. The predicted molar refractivity (Wildman–Crippen MR) is 101 cm³/mol. The summed E-state index contributed by atoms with van der Waals surface area (Å²) in [5.74, 6) is -8.06. The van der Waals surface area contributed by atoms with Crippen molar-refractivity contribution in [2.45, 2.75) is 83.4 Å². The third-order valence-electron chi connectivity index (χ3n) is 8.36. The van der Waals surface area contributed by atoms with E-state index in [2.05, 4.69) is 4.74 Å². The Morgan fingerprint density at radius 2 is 1.52 bits per heavy atom. The number of fused-ring (bicyclic) bond motifs is 3. The van der Waals surface area contributed by atoms with Crippen molar-refractivity contribution in [1.82, 2.24) is 0 Å². The largest absolute Gasteiger partial charge is 0.429 e. The van der Waals surface area contributed by atoms with Crippen molar-refractivity contribution >= 4 is 0 Å². The number of hydrogen-bond acceptors (Lipinski definition) is 1. The molecule has 0 radical (unpaired) electrons. The number of rotatable bonds is 4. The van der Waals surface area contributed by atoms with E-state index in [4.69, 9.17) is 0 Å². The van der Waals surface area contributed by atoms with Crippen LogP contribution in [0.15, 0.2) is 12.1 Å². The van der Waals surface area contributed by atoms with Crippen molar-refractivity contribution < 1.29 is 35.5 Å². The Morgan fingerprint density at radius 3 is 2.10 bits per heavy atom. The molecule has 0 aromatic heterocycles. The van der Waals surface area contributed by atoms with Gasteiger partial charge in [-0.2, -0.15) is 13.2 Å². The van der Waals surface area contributed by atoms with Crippen molar-refractivity contribution in [3.8, 4) is 5.75 Å². The zero-order valence-corrected chi connectivity index (χ0v) is 17.6. The first-order chi connectivity index (χ1) is 14.4. The molecule has 4 aliphatic carbocycles. The van der Waals surface area contributed by atoms with E-state index in [1.807, 2.05) is 6.92 Å². The first-order valence-corrected chi connectivity index (χ1v) is 10.9. The summed E-state index contributed by atoms with van der Waals surface area (Å²) in [6.07, 6.45) is -6.38. The van der Waals surface area contributed by atoms with Crippen LogP contribution < -0.4 is 4.74 Å². The Hall–Kier alpha value is -1.47. The van der Waals surface area contributed by atoms with Crippen LogP contribution in [0.5, 0.6) is 5.75 Å². The summed E-state index contributed by atoms with van der Waals surface area (Å²) in [6, 6.07) is 1.85. The lowest BCUT2D eigenvalue weighted by Crippen LogP contribution is -2.71. The highest BCUT2D eigenvalue weighted by Crippen LogP contribution is 2.72. The van der Waals surface area contributed by atoms with Crippen molar-refractivity contribution in [2.75, 3.05) is 0 Å². The molecular formula is C23H27F7O. The molecule has 4 aliphatic rings. The molecule has 4 fully saturated rings. The third kappa shape index (κ3) is 3.10. The summed E-state index contributed by atoms with van der Waals surface area (Å²) in [6.45, 7) is 3.28. The van der Waals surface area contributed by atoms with Gasteiger partial charge in [0.25, 0.3) is 5.92 Å². The van der Waals surface area contributed by atoms with Crippen LogP contribution in [0.2, 0.25) is 0 Å². The lowest BCUT2D eigenvalue weighted by molar-refractivity contribution is -0.370. The van der Waals surface area contributed by atoms with E-state index in [-0.39, 0.29) is 18.4 Å². The fourth-order valence-electron chi connectivity index (χ4n) is 6.21. The van der Waals surface area contributed by atoms with Gasteiger partial charge in [-0.25, -0.2) is 17.6 Å². The molecule has 1 nitrogen and oxygen atoms in total. The lowest BCUT2D eigenvalue weighted by atomic mass is 9.45. The maximum absolute atomic E-state index is 15.4. The molecule has 1 aromatic rings. The van der Waals surface area contributed by atoms with Gasteiger partial charge in [0.1, 0.15) is 5.41 Å². The van der Waals surface area contributed by atoms with Crippen LogP contribution in [0, 0.1) is 41.2 Å². The molecule has 0 aliphatic heterocycles. The summed E-state index contributed by atoms with van der Waals surface area (Å²) in [7, 11) is 0. The molecule has 5 rings (SSSR count). The number of benzene rings is 1. The molecular weight excluding hydrogens is 425 g/mol. The molecule has 4 saturated carbocycles. The SMILES string of the molecule is Cc1ccc(OC(F)(F)C23CCC(C4CCC(C)CC4)(CC2)C(F)(F)C3F)c(F)c1F. The Bertz CT molecular complexity index is 837. The molecule has 8 heteroatoms. The standard InChI is InChI=1S/C23H27F7O/c1-13-3-6-15(7-4-13)20-9-11-21(12-10-20,19(26)22(20,27)28)23(29,30)31-16-8-5-14(2)17(24)18(16)25/h5,8,13,15,19H,3-4,6-7,9-12H2,1-2H3. The molecule has 174 valence electrons. The van der Waals surface area contributed by atoms with Gasteiger partial charge in [-0.1, -0.05) is 25.8 Å². The van der Waals surface area contributed by atoms with E-state index in [1.54, 1.807) is 0 Å². The topological polar surface area (TPSA) is 9.23 Å². The van der Waals surface area contributed by atoms with E-state index in [0.717, 1.165) is 25.0 Å². The molecule has 0 N–H and O–H groups in total. The molecule has 0 spiro atoms. The molecule has 1 unspecified atom stereocenters. The number of aryl methyl sites for hydroxylation is 1. The molecule has 2 bridgehead atoms. The minimum atomic E-state index is -4.42. The predicted octanol–water partition coefficient (Wildman–Crippen LogP) is 7.60. The normalized spacial score (nSPS) is 37.6. The van der Waals surface area contributed by atoms with Crippen LogP contribution in [0.4, 0.5) is 30.7 Å². The summed E-state index contributed by atoms with van der Waals surface area (Å²) < 4.78 is 109. The maximum atomic E-state index is 15.4. The Morgan fingerprint density at radius 1 is 0.935 bits per heavy atom. The highest BCUT2D eigenvalue weighted by atomic mass is 19.3. The molecule has 0 saturated heterocycles. The zero-order chi connectivity index (χ0) is 22.8. The van der Waals surface area contributed by atoms with Crippen LogP contribution in [0.3, 0.4) is 0 Å². The molecule has 31 heavy (non-hydrogen) atoms. The number of hydrogen-bond donors (Lipinski definition) is 0. The Kier molecular flexibility index (Phi) is 5.33. The second kappa shape index (κ2) is 7.27. The van der Waals surface area contributed by atoms with Gasteiger partial charge in [0.2, 0.25) is 5.82 Å². The average molecular weight is 452 g/mol. The van der Waals surface area contributed by atoms with Crippen LogP contribution >= 0.6 is 0 Å². The third-order valence-corrected chi connectivity index (χ3v) is 8.36. The molecule has 1 atom stereocenters. The van der Waals surface area contributed by atoms with Crippen LogP contribution in [-0.4, -0.2) is 18.2 Å². The molecule has 0 heterocycles. The van der Waals surface area contributed by atoms with Crippen LogP contribution in [0.1, 0.15) is 63.9 Å². The van der Waals surface area contributed by atoms with Gasteiger partial charge in [0.15, 0.2) is 17.7 Å². The van der Waals surface area contributed by atoms with E-state index < -0.39 is 65.2 Å². The van der Waals surface area contributed by atoms with E-state index >= 15 is 22.0 Å². The van der Waals surface area contributed by atoms with Gasteiger partial charge >= 0.3 is 6.11 Å². The quantitative estimate of drug-likeness (QED) is 0.427. The number of alkyl halides is 5. The fraction of sp³-hybridized carbons (Fsp3) is 0.739. The number of ether oxygens (including phenoxy) is 1. The van der Waals surface area contributed by atoms with E-state index in [0.29, 0.717) is 18.8 Å². The monoisotopic (exact) mass is 452 g/mol. The van der Waals surface area contributed by atoms with E-state index in [9.17, 15) is 8.78 Å². The average Bonchev–Trinajstić information content (AvgIpc) is 2.73. The minimum absolute atomic E-state index is 0.122. The van der Waals surface area contributed by atoms with Gasteiger partial charge in [0, 0.05) is 5.41 Å². The van der Waals surface area contributed by atoms with Gasteiger partial charge in [-0.05, 0) is 68.9 Å². The van der Waals surface area contributed by atoms with Crippen molar-refractivity contribution in [3.05, 3.63) is 29.3 Å². The minimum Gasteiger partial charge on any atom is -0.429 e. The maximum Gasteiger partial charge on any atom is 0.406 e. The van der Waals surface area contributed by atoms with Crippen molar-refractivity contribution in [3.63, 3.8) is 0 Å². The van der Waals surface area contributed by atoms with Crippen LogP contribution in [-0.2, 0) is 0 Å². The van der Waals surface area contributed by atoms with Gasteiger partial charge in [-0.3, -0.25) is 0 Å². The molecule has 1 aromatic carbocycles. The Balaban J connectivity index is 1.64. The van der Waals surface area contributed by atoms with Gasteiger partial charge in [-0.15, -0.1) is 0 Å². The van der Waals surface area contributed by atoms with Gasteiger partial charge in [0.05, 0.1) is 0 Å². The highest BCUT2D eigenvalue weighted by Gasteiger charge is 2.79. The lowest BCUT2D eigenvalue weighted by Gasteiger charge is -2.62. The van der Waals surface area contributed by atoms with Crippen molar-refractivity contribution in [2.24, 2.45) is 22.7 Å². The van der Waals surface area contributed by atoms with E-state index in [1.165, 1.54) is 6.92 Å². The first kappa shape index (κ1) is 22.7. The Labute approximate surface area is 177 Å². The smallest absolute Gasteiger partial charge is 0.406 e. The van der Waals surface area contributed by atoms with Gasteiger partial charge < -0.3 is 4.74 Å². The second-order valence-corrected chi connectivity index (χ2v) is 9.88. The second-order valence-electron chi connectivity index (χ2n) is 9.88. The molecule has 0 amide bonds. The highest BCUT2D eigenvalue weighted by molar-refractivity contribution is 5.31. The van der Waals surface area contributed by atoms with Crippen LogP contribution in [0.25, 0.3) is 0 Å². The fourth-order valence-corrected chi connectivity index (χ4v) is 6.21. The summed E-state index contributed by atoms with van der Waals surface area (Å²) >= 11 is 0. The van der Waals surface area contributed by atoms with Crippen molar-refractivity contribution in [1.29, 1.82) is 0 Å². The summed E-state index contributed by atoms with van der Waals surface area (Å²) in [4.78, 5) is 0. The number of halogens is 7. The zero-order valence-electron chi connectivity index (χ0n) is 17.6.